The molecule has 0 radical (unpaired) electrons. The third kappa shape index (κ3) is 2.43. The highest BCUT2D eigenvalue weighted by molar-refractivity contribution is 7.17. The third-order valence-corrected chi connectivity index (χ3v) is 3.44. The summed E-state index contributed by atoms with van der Waals surface area (Å²) in [5, 5.41) is 13.3. The van der Waals surface area contributed by atoms with Gasteiger partial charge < -0.3 is 9.84 Å². The van der Waals surface area contributed by atoms with Gasteiger partial charge in [0.1, 0.15) is 6.10 Å². The lowest BCUT2D eigenvalue weighted by molar-refractivity contribution is 0.00555. The van der Waals surface area contributed by atoms with E-state index in [1.807, 2.05) is 31.4 Å². The van der Waals surface area contributed by atoms with Gasteiger partial charge in [-0.2, -0.15) is 0 Å². The fourth-order valence-corrected chi connectivity index (χ4v) is 2.62. The first kappa shape index (κ1) is 11.6. The summed E-state index contributed by atoms with van der Waals surface area (Å²) in [6, 6.07) is 8.07. The molecule has 16 heavy (non-hydrogen) atoms. The Morgan fingerprint density at radius 1 is 1.31 bits per heavy atom. The summed E-state index contributed by atoms with van der Waals surface area (Å²) in [6.07, 6.45) is -0.387. The summed E-state index contributed by atoms with van der Waals surface area (Å²) in [5.41, 5.74) is 0.966. The van der Waals surface area contributed by atoms with Crippen LogP contribution < -0.4 is 0 Å². The van der Waals surface area contributed by atoms with E-state index in [1.54, 1.807) is 11.3 Å². The average molecular weight is 236 g/mol. The van der Waals surface area contributed by atoms with Crippen LogP contribution in [-0.2, 0) is 4.74 Å². The highest BCUT2D eigenvalue weighted by Crippen LogP contribution is 2.29. The Morgan fingerprint density at radius 3 is 2.88 bits per heavy atom. The fourth-order valence-electron chi connectivity index (χ4n) is 1.65. The van der Waals surface area contributed by atoms with Crippen molar-refractivity contribution in [3.63, 3.8) is 0 Å². The van der Waals surface area contributed by atoms with Crippen molar-refractivity contribution in [2.24, 2.45) is 0 Å². The van der Waals surface area contributed by atoms with Gasteiger partial charge >= 0.3 is 0 Å². The highest BCUT2D eigenvalue weighted by Gasteiger charge is 2.12. The number of aliphatic hydroxyl groups excluding tert-OH is 1. The number of fused-ring (bicyclic) bond motifs is 1. The molecule has 1 unspecified atom stereocenters. The molecule has 1 N–H and O–H groups in total. The zero-order chi connectivity index (χ0) is 11.5. The van der Waals surface area contributed by atoms with Crippen LogP contribution in [0.4, 0.5) is 0 Å². The Hall–Kier alpha value is -0.900. The van der Waals surface area contributed by atoms with Crippen molar-refractivity contribution in [2.45, 2.75) is 26.1 Å². The lowest BCUT2D eigenvalue weighted by Gasteiger charge is -2.14. The Kier molecular flexibility index (Phi) is 3.59. The van der Waals surface area contributed by atoms with Gasteiger partial charge in [0.05, 0.1) is 12.7 Å². The van der Waals surface area contributed by atoms with Gasteiger partial charge in [-0.25, -0.2) is 0 Å². The van der Waals surface area contributed by atoms with E-state index in [0.717, 1.165) is 10.3 Å². The maximum absolute atomic E-state index is 10.1. The molecule has 1 atom stereocenters. The average Bonchev–Trinajstić information content (AvgIpc) is 2.73. The van der Waals surface area contributed by atoms with Crippen molar-refractivity contribution >= 4 is 21.4 Å². The minimum absolute atomic E-state index is 0.150. The number of aliphatic hydroxyl groups is 1. The number of hydrogen-bond donors (Lipinski definition) is 1. The van der Waals surface area contributed by atoms with Crippen molar-refractivity contribution in [1.82, 2.24) is 0 Å². The lowest BCUT2D eigenvalue weighted by Crippen LogP contribution is -2.11. The first-order chi connectivity index (χ1) is 7.68. The Balaban J connectivity index is 2.22. The van der Waals surface area contributed by atoms with Crippen LogP contribution in [-0.4, -0.2) is 17.8 Å². The molecule has 2 rings (SSSR count). The largest absolute Gasteiger partial charge is 0.386 e. The van der Waals surface area contributed by atoms with Crippen LogP contribution in [0.2, 0.25) is 0 Å². The van der Waals surface area contributed by atoms with E-state index in [4.69, 9.17) is 4.74 Å². The zero-order valence-corrected chi connectivity index (χ0v) is 10.3. The molecule has 0 aliphatic carbocycles. The fraction of sp³-hybridized carbons (Fsp3) is 0.385. The zero-order valence-electron chi connectivity index (χ0n) is 9.51. The van der Waals surface area contributed by atoms with E-state index in [9.17, 15) is 5.11 Å². The molecule has 0 bridgehead atoms. The predicted molar refractivity (Wildman–Crippen MR) is 67.9 cm³/mol. The molecule has 0 aliphatic heterocycles. The first-order valence-corrected chi connectivity index (χ1v) is 6.32. The molecule has 2 aromatic rings. The number of rotatable bonds is 4. The van der Waals surface area contributed by atoms with Crippen LogP contribution in [0.25, 0.3) is 10.1 Å². The standard InChI is InChI=1S/C13H16O2S/c1-9(2)15-8-12(14)11-5-3-4-10-6-7-16-13(10)11/h3-7,9,12,14H,8H2,1-2H3. The van der Waals surface area contributed by atoms with E-state index >= 15 is 0 Å². The number of hydrogen-bond acceptors (Lipinski definition) is 3. The smallest absolute Gasteiger partial charge is 0.104 e. The van der Waals surface area contributed by atoms with Crippen molar-refractivity contribution in [3.05, 3.63) is 35.2 Å². The predicted octanol–water partition coefficient (Wildman–Crippen LogP) is 3.36. The molecular formula is C13H16O2S. The molecule has 0 saturated carbocycles. The van der Waals surface area contributed by atoms with Crippen LogP contribution in [0.3, 0.4) is 0 Å². The molecule has 1 heterocycles. The van der Waals surface area contributed by atoms with E-state index in [2.05, 4.69) is 12.1 Å². The van der Waals surface area contributed by atoms with Crippen LogP contribution >= 0.6 is 11.3 Å². The molecule has 2 nitrogen and oxygen atoms in total. The minimum Gasteiger partial charge on any atom is -0.386 e. The summed E-state index contributed by atoms with van der Waals surface area (Å²) in [4.78, 5) is 0. The molecule has 3 heteroatoms. The molecule has 0 aliphatic rings. The van der Waals surface area contributed by atoms with Gasteiger partial charge in [0, 0.05) is 10.3 Å². The Morgan fingerprint density at radius 2 is 2.12 bits per heavy atom. The van der Waals surface area contributed by atoms with Gasteiger partial charge in [-0.3, -0.25) is 0 Å². The molecule has 0 saturated heterocycles. The summed E-state index contributed by atoms with van der Waals surface area (Å²) >= 11 is 1.66. The van der Waals surface area contributed by atoms with Crippen molar-refractivity contribution in [1.29, 1.82) is 0 Å². The van der Waals surface area contributed by atoms with E-state index in [0.29, 0.717) is 6.61 Å². The summed E-state index contributed by atoms with van der Waals surface area (Å²) in [7, 11) is 0. The van der Waals surface area contributed by atoms with Gasteiger partial charge in [0.2, 0.25) is 0 Å². The van der Waals surface area contributed by atoms with E-state index < -0.39 is 6.10 Å². The summed E-state index contributed by atoms with van der Waals surface area (Å²) in [5.74, 6) is 0. The second-order valence-corrected chi connectivity index (χ2v) is 5.00. The van der Waals surface area contributed by atoms with Gasteiger partial charge in [-0.05, 0) is 30.7 Å². The molecular weight excluding hydrogens is 220 g/mol. The first-order valence-electron chi connectivity index (χ1n) is 5.44. The number of benzene rings is 1. The Bertz CT molecular complexity index is 462. The molecule has 0 spiro atoms. The lowest BCUT2D eigenvalue weighted by atomic mass is 10.1. The third-order valence-electron chi connectivity index (χ3n) is 2.46. The topological polar surface area (TPSA) is 29.5 Å². The normalized spacial score (nSPS) is 13.5. The Labute approximate surface area is 99.5 Å². The van der Waals surface area contributed by atoms with Crippen LogP contribution in [0.15, 0.2) is 29.6 Å². The molecule has 0 amide bonds. The van der Waals surface area contributed by atoms with Crippen LogP contribution in [0.1, 0.15) is 25.5 Å². The maximum atomic E-state index is 10.1. The van der Waals surface area contributed by atoms with E-state index in [-0.39, 0.29) is 6.10 Å². The van der Waals surface area contributed by atoms with Gasteiger partial charge in [0.25, 0.3) is 0 Å². The second kappa shape index (κ2) is 4.95. The van der Waals surface area contributed by atoms with Crippen molar-refractivity contribution in [2.75, 3.05) is 6.61 Å². The second-order valence-electron chi connectivity index (χ2n) is 4.08. The molecule has 1 aromatic carbocycles. The molecule has 1 aromatic heterocycles. The monoisotopic (exact) mass is 236 g/mol. The highest BCUT2D eigenvalue weighted by atomic mass is 32.1. The maximum Gasteiger partial charge on any atom is 0.104 e. The van der Waals surface area contributed by atoms with E-state index in [1.165, 1.54) is 5.39 Å². The minimum atomic E-state index is -0.537. The quantitative estimate of drug-likeness (QED) is 0.882. The number of thiophene rings is 1. The SMILES string of the molecule is CC(C)OCC(O)c1cccc2ccsc12. The van der Waals surface area contributed by atoms with Crippen LogP contribution in [0.5, 0.6) is 0 Å². The summed E-state index contributed by atoms with van der Waals surface area (Å²) in [6.45, 7) is 4.30. The van der Waals surface area contributed by atoms with Crippen molar-refractivity contribution in [3.8, 4) is 0 Å². The molecule has 0 fully saturated rings. The summed E-state index contributed by atoms with van der Waals surface area (Å²) < 4.78 is 6.59. The van der Waals surface area contributed by atoms with Gasteiger partial charge in [-0.1, -0.05) is 18.2 Å². The number of ether oxygens (including phenoxy) is 1. The van der Waals surface area contributed by atoms with Crippen molar-refractivity contribution < 1.29 is 9.84 Å². The van der Waals surface area contributed by atoms with Crippen LogP contribution in [0, 0.1) is 0 Å². The van der Waals surface area contributed by atoms with Gasteiger partial charge in [-0.15, -0.1) is 11.3 Å². The molecule has 86 valence electrons. The van der Waals surface area contributed by atoms with Gasteiger partial charge in [0.15, 0.2) is 0 Å².